The molecule has 0 radical (unpaired) electrons. The van der Waals surface area contributed by atoms with Gasteiger partial charge in [-0.15, -0.1) is 11.3 Å². The summed E-state index contributed by atoms with van der Waals surface area (Å²) in [7, 11) is 1.38. The normalized spacial score (nSPS) is 8.17. The lowest BCUT2D eigenvalue weighted by Crippen LogP contribution is -1.97. The molecule has 0 atom stereocenters. The number of carbonyl (C=O) groups excluding carboxylic acids is 2. The topological polar surface area (TPSA) is 43.4 Å². The van der Waals surface area contributed by atoms with Crippen LogP contribution in [0.25, 0.3) is 0 Å². The molecule has 1 heterocycles. The number of aryl methyl sites for hydroxylation is 1. The van der Waals surface area contributed by atoms with Crippen molar-refractivity contribution < 1.29 is 14.3 Å². The van der Waals surface area contributed by atoms with Crippen LogP contribution in [0.5, 0.6) is 0 Å². The van der Waals surface area contributed by atoms with E-state index in [1.165, 1.54) is 7.11 Å². The van der Waals surface area contributed by atoms with Crippen LogP contribution in [0, 0.1) is 6.92 Å². The predicted octanol–water partition coefficient (Wildman–Crippen LogP) is 1.66. The molecular weight excluding hydrogens is 176 g/mol. The van der Waals surface area contributed by atoms with Crippen molar-refractivity contribution in [1.82, 2.24) is 0 Å². The molecular formula is C8H10O3S. The fraction of sp³-hybridized carbons (Fsp3) is 0.250. The average Bonchev–Trinajstić information content (AvgIpc) is 2.54. The molecule has 66 valence electrons. The first-order valence-electron chi connectivity index (χ1n) is 3.16. The van der Waals surface area contributed by atoms with Crippen LogP contribution < -0.4 is 0 Å². The number of hydrogen-bond donors (Lipinski definition) is 0. The molecule has 0 aliphatic heterocycles. The van der Waals surface area contributed by atoms with Gasteiger partial charge in [-0.1, -0.05) is 0 Å². The van der Waals surface area contributed by atoms with Crippen LogP contribution in [-0.2, 0) is 9.53 Å². The third-order valence-electron chi connectivity index (χ3n) is 1.15. The standard InChI is InChI=1S/C7H8O2S.CH2O/c1-5-3-6(4-10-5)7(8)9-2;1-2/h3-4H,1-2H3;1H2. The Hall–Kier alpha value is -1.16. The Balaban J connectivity index is 0.000000561. The van der Waals surface area contributed by atoms with Crippen molar-refractivity contribution in [2.24, 2.45) is 0 Å². The van der Waals surface area contributed by atoms with E-state index in [1.807, 2.05) is 19.8 Å². The molecule has 0 amide bonds. The number of methoxy groups -OCH3 is 1. The maximum atomic E-state index is 10.8. The monoisotopic (exact) mass is 186 g/mol. The first-order chi connectivity index (χ1) is 5.74. The molecule has 4 heteroatoms. The molecule has 0 aromatic carbocycles. The van der Waals surface area contributed by atoms with Gasteiger partial charge in [-0.05, 0) is 13.0 Å². The van der Waals surface area contributed by atoms with Crippen molar-refractivity contribution >= 4 is 24.1 Å². The van der Waals surface area contributed by atoms with Gasteiger partial charge in [0.05, 0.1) is 12.7 Å². The van der Waals surface area contributed by atoms with Gasteiger partial charge in [-0.2, -0.15) is 0 Å². The third kappa shape index (κ3) is 2.84. The van der Waals surface area contributed by atoms with E-state index in [4.69, 9.17) is 4.79 Å². The first-order valence-corrected chi connectivity index (χ1v) is 4.04. The number of esters is 1. The third-order valence-corrected chi connectivity index (χ3v) is 2.01. The molecule has 3 nitrogen and oxygen atoms in total. The summed E-state index contributed by atoms with van der Waals surface area (Å²) >= 11 is 1.55. The van der Waals surface area contributed by atoms with Crippen LogP contribution in [0.1, 0.15) is 15.2 Å². The van der Waals surface area contributed by atoms with Crippen LogP contribution in [0.15, 0.2) is 11.4 Å². The van der Waals surface area contributed by atoms with Gasteiger partial charge in [0.1, 0.15) is 6.79 Å². The fourth-order valence-corrected chi connectivity index (χ4v) is 1.34. The largest absolute Gasteiger partial charge is 0.465 e. The molecule has 0 unspecified atom stereocenters. The summed E-state index contributed by atoms with van der Waals surface area (Å²) in [5.74, 6) is -0.260. The molecule has 0 bridgehead atoms. The van der Waals surface area contributed by atoms with Crippen LogP contribution in [0.2, 0.25) is 0 Å². The van der Waals surface area contributed by atoms with Gasteiger partial charge < -0.3 is 9.53 Å². The van der Waals surface area contributed by atoms with Gasteiger partial charge in [0.25, 0.3) is 0 Å². The van der Waals surface area contributed by atoms with Gasteiger partial charge >= 0.3 is 5.97 Å². The Labute approximate surface area is 75.0 Å². The van der Waals surface area contributed by atoms with Gasteiger partial charge in [-0.25, -0.2) is 4.79 Å². The number of rotatable bonds is 1. The summed E-state index contributed by atoms with van der Waals surface area (Å²) in [6, 6.07) is 1.82. The van der Waals surface area contributed by atoms with Crippen molar-refractivity contribution in [1.29, 1.82) is 0 Å². The molecule has 12 heavy (non-hydrogen) atoms. The number of hydrogen-bond acceptors (Lipinski definition) is 4. The summed E-state index contributed by atoms with van der Waals surface area (Å²) in [5.41, 5.74) is 0.644. The summed E-state index contributed by atoms with van der Waals surface area (Å²) in [5, 5.41) is 1.79. The van der Waals surface area contributed by atoms with Gasteiger partial charge in [-0.3, -0.25) is 0 Å². The highest BCUT2D eigenvalue weighted by Gasteiger charge is 2.05. The molecule has 0 aliphatic carbocycles. The summed E-state index contributed by atoms with van der Waals surface area (Å²) in [6.45, 7) is 3.96. The molecule has 1 rings (SSSR count). The summed E-state index contributed by atoms with van der Waals surface area (Å²) < 4.78 is 4.52. The maximum Gasteiger partial charge on any atom is 0.338 e. The van der Waals surface area contributed by atoms with E-state index in [2.05, 4.69) is 4.74 Å². The zero-order chi connectivity index (χ0) is 9.56. The second-order valence-corrected chi connectivity index (χ2v) is 3.05. The van der Waals surface area contributed by atoms with Crippen LogP contribution in [-0.4, -0.2) is 19.9 Å². The molecule has 0 saturated heterocycles. The van der Waals surface area contributed by atoms with E-state index in [0.717, 1.165) is 4.88 Å². The maximum absolute atomic E-state index is 10.8. The highest BCUT2D eigenvalue weighted by Crippen LogP contribution is 2.13. The van der Waals surface area contributed by atoms with Gasteiger partial charge in [0, 0.05) is 10.3 Å². The number of carbonyl (C=O) groups is 2. The number of ether oxygens (including phenoxy) is 1. The summed E-state index contributed by atoms with van der Waals surface area (Å²) in [6.07, 6.45) is 0. The molecule has 0 spiro atoms. The Kier molecular flexibility index (Phi) is 4.96. The molecule has 1 aromatic heterocycles. The van der Waals surface area contributed by atoms with Gasteiger partial charge in [0.15, 0.2) is 0 Å². The molecule has 0 fully saturated rings. The molecule has 0 saturated carbocycles. The SMILES string of the molecule is C=O.COC(=O)c1csc(C)c1. The minimum absolute atomic E-state index is 0.260. The average molecular weight is 186 g/mol. The van der Waals surface area contributed by atoms with E-state index in [1.54, 1.807) is 16.7 Å². The van der Waals surface area contributed by atoms with E-state index in [-0.39, 0.29) is 5.97 Å². The van der Waals surface area contributed by atoms with Gasteiger partial charge in [0.2, 0.25) is 0 Å². The van der Waals surface area contributed by atoms with E-state index < -0.39 is 0 Å². The Morgan fingerprint density at radius 1 is 1.58 bits per heavy atom. The van der Waals surface area contributed by atoms with Crippen molar-refractivity contribution in [3.63, 3.8) is 0 Å². The van der Waals surface area contributed by atoms with E-state index >= 15 is 0 Å². The minimum Gasteiger partial charge on any atom is -0.465 e. The Morgan fingerprint density at radius 3 is 2.50 bits per heavy atom. The lowest BCUT2D eigenvalue weighted by atomic mass is 10.3. The quantitative estimate of drug-likeness (QED) is 0.626. The highest BCUT2D eigenvalue weighted by molar-refractivity contribution is 7.10. The lowest BCUT2D eigenvalue weighted by molar-refractivity contribution is -0.0979. The number of thiophene rings is 1. The minimum atomic E-state index is -0.260. The summed E-state index contributed by atoms with van der Waals surface area (Å²) in [4.78, 5) is 19.9. The van der Waals surface area contributed by atoms with Crippen LogP contribution in [0.4, 0.5) is 0 Å². The first kappa shape index (κ1) is 10.8. The van der Waals surface area contributed by atoms with Crippen molar-refractivity contribution in [3.8, 4) is 0 Å². The molecule has 0 N–H and O–H groups in total. The zero-order valence-electron chi connectivity index (χ0n) is 6.99. The van der Waals surface area contributed by atoms with Crippen LogP contribution >= 0.6 is 11.3 Å². The Morgan fingerprint density at radius 2 is 2.17 bits per heavy atom. The second kappa shape index (κ2) is 5.49. The predicted molar refractivity (Wildman–Crippen MR) is 47.5 cm³/mol. The molecule has 0 aliphatic rings. The van der Waals surface area contributed by atoms with Crippen molar-refractivity contribution in [2.75, 3.05) is 7.11 Å². The van der Waals surface area contributed by atoms with Crippen molar-refractivity contribution in [3.05, 3.63) is 21.9 Å². The second-order valence-electron chi connectivity index (χ2n) is 1.94. The van der Waals surface area contributed by atoms with Crippen molar-refractivity contribution in [2.45, 2.75) is 6.92 Å². The zero-order valence-corrected chi connectivity index (χ0v) is 7.81. The smallest absolute Gasteiger partial charge is 0.338 e. The highest BCUT2D eigenvalue weighted by atomic mass is 32.1. The molecule has 1 aromatic rings. The van der Waals surface area contributed by atoms with Crippen LogP contribution in [0.3, 0.4) is 0 Å². The fourth-order valence-electron chi connectivity index (χ4n) is 0.668. The van der Waals surface area contributed by atoms with E-state index in [0.29, 0.717) is 5.56 Å². The Bertz CT molecular complexity index is 255. The van der Waals surface area contributed by atoms with E-state index in [9.17, 15) is 4.79 Å². The lowest BCUT2D eigenvalue weighted by Gasteiger charge is -1.90.